The Bertz CT molecular complexity index is 877. The lowest BCUT2D eigenvalue weighted by atomic mass is 10.1. The van der Waals surface area contributed by atoms with Gasteiger partial charge in [0.2, 0.25) is 20.0 Å². The summed E-state index contributed by atoms with van der Waals surface area (Å²) in [5.74, 6) is 0. The van der Waals surface area contributed by atoms with Crippen molar-refractivity contribution in [2.75, 3.05) is 7.05 Å². The van der Waals surface area contributed by atoms with Crippen LogP contribution in [0.4, 0.5) is 0 Å². The van der Waals surface area contributed by atoms with Gasteiger partial charge in [-0.15, -0.1) is 0 Å². The second-order valence-electron chi connectivity index (χ2n) is 5.12. The first kappa shape index (κ1) is 17.6. The molecule has 0 spiro atoms. The second kappa shape index (κ2) is 6.40. The summed E-state index contributed by atoms with van der Waals surface area (Å²) in [5.41, 5.74) is 0.861. The Labute approximate surface area is 136 Å². The maximum Gasteiger partial charge on any atom is 0.243 e. The molecule has 6 nitrogen and oxygen atoms in total. The number of nitrogens with zero attached hydrogens (tertiary/aromatic N) is 1. The molecular formula is C15H18N2O4S2. The van der Waals surface area contributed by atoms with Crippen molar-refractivity contribution < 1.29 is 16.8 Å². The van der Waals surface area contributed by atoms with E-state index in [0.717, 1.165) is 5.56 Å². The number of hydrogen-bond donors (Lipinski definition) is 1. The summed E-state index contributed by atoms with van der Waals surface area (Å²) < 4.78 is 49.0. The minimum atomic E-state index is -3.85. The summed E-state index contributed by atoms with van der Waals surface area (Å²) in [7, 11) is -6.12. The monoisotopic (exact) mass is 354 g/mol. The molecule has 0 radical (unpaired) electrons. The maximum absolute atomic E-state index is 12.7. The molecule has 2 N–H and O–H groups in total. The Balaban J connectivity index is 2.34. The molecular weight excluding hydrogens is 336 g/mol. The van der Waals surface area contributed by atoms with Crippen LogP contribution in [-0.4, -0.2) is 28.2 Å². The van der Waals surface area contributed by atoms with Crippen LogP contribution in [0.5, 0.6) is 0 Å². The number of primary sulfonamides is 1. The summed E-state index contributed by atoms with van der Waals surface area (Å²) in [4.78, 5) is -0.120. The Kier molecular flexibility index (Phi) is 4.90. The fourth-order valence-corrected chi connectivity index (χ4v) is 3.98. The van der Waals surface area contributed by atoms with Gasteiger partial charge in [0.1, 0.15) is 0 Å². The van der Waals surface area contributed by atoms with Crippen molar-refractivity contribution in [3.8, 4) is 0 Å². The van der Waals surface area contributed by atoms with E-state index in [9.17, 15) is 16.8 Å². The van der Waals surface area contributed by atoms with E-state index < -0.39 is 20.0 Å². The average Bonchev–Trinajstić information content (AvgIpc) is 2.53. The molecule has 0 heterocycles. The van der Waals surface area contributed by atoms with Crippen molar-refractivity contribution in [2.45, 2.75) is 22.8 Å². The molecule has 2 rings (SSSR count). The molecule has 0 fully saturated rings. The summed E-state index contributed by atoms with van der Waals surface area (Å²) in [6.07, 6.45) is 0. The van der Waals surface area contributed by atoms with Crippen LogP contribution in [0.3, 0.4) is 0 Å². The lowest BCUT2D eigenvalue weighted by molar-refractivity contribution is 0.398. The summed E-state index contributed by atoms with van der Waals surface area (Å²) in [6, 6.07) is 13.7. The first-order valence-electron chi connectivity index (χ1n) is 6.80. The van der Waals surface area contributed by atoms with Gasteiger partial charge in [0.15, 0.2) is 0 Å². The van der Waals surface area contributed by atoms with Crippen LogP contribution in [0, 0.1) is 0 Å². The van der Waals surface area contributed by atoms with Gasteiger partial charge in [-0.1, -0.05) is 30.3 Å². The normalized spacial score (nSPS) is 13.9. The van der Waals surface area contributed by atoms with Gasteiger partial charge in [0.25, 0.3) is 0 Å². The van der Waals surface area contributed by atoms with Crippen LogP contribution in [0.1, 0.15) is 18.5 Å². The highest BCUT2D eigenvalue weighted by atomic mass is 32.2. The third-order valence-electron chi connectivity index (χ3n) is 3.66. The lowest BCUT2D eigenvalue weighted by Gasteiger charge is -2.24. The average molecular weight is 354 g/mol. The van der Waals surface area contributed by atoms with E-state index in [2.05, 4.69) is 0 Å². The van der Waals surface area contributed by atoms with Gasteiger partial charge in [-0.25, -0.2) is 22.0 Å². The fourth-order valence-electron chi connectivity index (χ4n) is 2.12. The number of nitrogens with two attached hydrogens (primary N) is 1. The molecule has 2 aromatic carbocycles. The molecule has 8 heteroatoms. The van der Waals surface area contributed by atoms with Gasteiger partial charge in [-0.2, -0.15) is 4.31 Å². The Morgan fingerprint density at radius 2 is 1.35 bits per heavy atom. The van der Waals surface area contributed by atoms with Gasteiger partial charge in [0, 0.05) is 13.1 Å². The number of hydrogen-bond acceptors (Lipinski definition) is 4. The van der Waals surface area contributed by atoms with Crippen molar-refractivity contribution in [3.05, 3.63) is 60.2 Å². The van der Waals surface area contributed by atoms with Gasteiger partial charge in [-0.3, -0.25) is 0 Å². The van der Waals surface area contributed by atoms with E-state index in [-0.39, 0.29) is 15.8 Å². The molecule has 0 aromatic heterocycles. The Hall–Kier alpha value is -1.74. The van der Waals surface area contributed by atoms with Crippen LogP contribution in [-0.2, 0) is 20.0 Å². The number of rotatable bonds is 5. The molecule has 0 aliphatic rings. The Morgan fingerprint density at radius 1 is 0.870 bits per heavy atom. The van der Waals surface area contributed by atoms with Gasteiger partial charge in [0.05, 0.1) is 9.79 Å². The molecule has 0 aliphatic carbocycles. The highest BCUT2D eigenvalue weighted by Gasteiger charge is 2.26. The quantitative estimate of drug-likeness (QED) is 0.884. The molecule has 2 aromatic rings. The van der Waals surface area contributed by atoms with Crippen LogP contribution >= 0.6 is 0 Å². The minimum Gasteiger partial charge on any atom is -0.225 e. The van der Waals surface area contributed by atoms with Crippen molar-refractivity contribution in [3.63, 3.8) is 0 Å². The minimum absolute atomic E-state index is 0.00943. The fraction of sp³-hybridized carbons (Fsp3) is 0.200. The summed E-state index contributed by atoms with van der Waals surface area (Å²) in [5, 5.41) is 5.01. The van der Waals surface area contributed by atoms with Gasteiger partial charge < -0.3 is 0 Å². The molecule has 0 saturated heterocycles. The number of benzene rings is 2. The highest BCUT2D eigenvalue weighted by Crippen LogP contribution is 2.26. The zero-order valence-corrected chi connectivity index (χ0v) is 14.4. The Morgan fingerprint density at radius 3 is 1.83 bits per heavy atom. The molecule has 0 saturated carbocycles. The van der Waals surface area contributed by atoms with Gasteiger partial charge in [-0.05, 0) is 36.8 Å². The van der Waals surface area contributed by atoms with E-state index in [0.29, 0.717) is 0 Å². The van der Waals surface area contributed by atoms with Crippen molar-refractivity contribution in [1.82, 2.24) is 4.31 Å². The van der Waals surface area contributed by atoms with E-state index >= 15 is 0 Å². The smallest absolute Gasteiger partial charge is 0.225 e. The van der Waals surface area contributed by atoms with Crippen molar-refractivity contribution in [2.24, 2.45) is 5.14 Å². The van der Waals surface area contributed by atoms with Crippen LogP contribution in [0.2, 0.25) is 0 Å². The maximum atomic E-state index is 12.7. The molecule has 124 valence electrons. The largest absolute Gasteiger partial charge is 0.243 e. The van der Waals surface area contributed by atoms with Crippen molar-refractivity contribution >= 4 is 20.0 Å². The zero-order chi connectivity index (χ0) is 17.3. The molecule has 23 heavy (non-hydrogen) atoms. The van der Waals surface area contributed by atoms with E-state index in [1.807, 2.05) is 30.3 Å². The molecule has 1 atom stereocenters. The van der Waals surface area contributed by atoms with E-state index in [1.54, 1.807) is 6.92 Å². The highest BCUT2D eigenvalue weighted by molar-refractivity contribution is 7.89. The molecule has 0 aliphatic heterocycles. The second-order valence-corrected chi connectivity index (χ2v) is 8.68. The SMILES string of the molecule is CC(c1ccccc1)N(C)S(=O)(=O)c1ccc(S(N)(=O)=O)cc1. The lowest BCUT2D eigenvalue weighted by Crippen LogP contribution is -2.29. The van der Waals surface area contributed by atoms with Crippen LogP contribution in [0.15, 0.2) is 64.4 Å². The summed E-state index contributed by atoms with van der Waals surface area (Å²) >= 11 is 0. The number of sulfonamides is 2. The van der Waals surface area contributed by atoms with Crippen LogP contribution in [0.25, 0.3) is 0 Å². The summed E-state index contributed by atoms with van der Waals surface area (Å²) in [6.45, 7) is 1.78. The third kappa shape index (κ3) is 3.78. The van der Waals surface area contributed by atoms with Gasteiger partial charge >= 0.3 is 0 Å². The predicted molar refractivity (Wildman–Crippen MR) is 87.6 cm³/mol. The first-order valence-corrected chi connectivity index (χ1v) is 9.78. The molecule has 0 bridgehead atoms. The first-order chi connectivity index (χ1) is 10.6. The predicted octanol–water partition coefficient (Wildman–Crippen LogP) is 1.72. The zero-order valence-electron chi connectivity index (χ0n) is 12.7. The molecule has 1 unspecified atom stereocenters. The van der Waals surface area contributed by atoms with E-state index in [1.165, 1.54) is 35.6 Å². The topological polar surface area (TPSA) is 97.5 Å². The third-order valence-corrected chi connectivity index (χ3v) is 6.53. The van der Waals surface area contributed by atoms with Crippen LogP contribution < -0.4 is 5.14 Å². The van der Waals surface area contributed by atoms with Crippen molar-refractivity contribution in [1.29, 1.82) is 0 Å². The molecule has 0 amide bonds. The van der Waals surface area contributed by atoms with E-state index in [4.69, 9.17) is 5.14 Å². The standard InChI is InChI=1S/C15H18N2O4S2/c1-12(13-6-4-3-5-7-13)17(2)23(20,21)15-10-8-14(9-11-15)22(16,18)19/h3-12H,1-2H3,(H2,16,18,19).